The normalized spacial score (nSPS) is 10.9. The molecule has 0 aliphatic rings. The van der Waals surface area contributed by atoms with Crippen LogP contribution in [-0.2, 0) is 6.54 Å². The van der Waals surface area contributed by atoms with Crippen molar-refractivity contribution >= 4 is 22.8 Å². The lowest BCUT2D eigenvalue weighted by molar-refractivity contribution is 0.273. The molecule has 0 radical (unpaired) electrons. The van der Waals surface area contributed by atoms with Crippen LogP contribution >= 0.6 is 11.8 Å². The Morgan fingerprint density at radius 3 is 2.58 bits per heavy atom. The third kappa shape index (κ3) is 3.83. The van der Waals surface area contributed by atoms with Gasteiger partial charge in [-0.3, -0.25) is 0 Å². The summed E-state index contributed by atoms with van der Waals surface area (Å²) in [6, 6.07) is 15.5. The van der Waals surface area contributed by atoms with Gasteiger partial charge in [-0.2, -0.15) is 0 Å². The Morgan fingerprint density at radius 1 is 1.08 bits per heavy atom. The maximum atomic E-state index is 9.29. The highest BCUT2D eigenvalue weighted by Gasteiger charge is 2.10. The van der Waals surface area contributed by atoms with E-state index in [4.69, 9.17) is 9.47 Å². The second kappa shape index (κ2) is 8.08. The Hall–Kier alpha value is -2.18. The van der Waals surface area contributed by atoms with E-state index in [1.165, 1.54) is 0 Å². The Bertz CT molecular complexity index is 787. The van der Waals surface area contributed by atoms with Gasteiger partial charge in [-0.1, -0.05) is 23.9 Å². The van der Waals surface area contributed by atoms with E-state index in [0.717, 1.165) is 33.4 Å². The van der Waals surface area contributed by atoms with Crippen molar-refractivity contribution in [1.82, 2.24) is 9.55 Å². The maximum absolute atomic E-state index is 9.29. The molecule has 0 atom stereocenters. The molecule has 0 saturated carbocycles. The summed E-state index contributed by atoms with van der Waals surface area (Å²) in [5.41, 5.74) is 2.00. The van der Waals surface area contributed by atoms with Gasteiger partial charge in [0.25, 0.3) is 0 Å². The molecular weight excluding hydrogens is 324 g/mol. The van der Waals surface area contributed by atoms with E-state index in [1.807, 2.05) is 53.1 Å². The minimum atomic E-state index is 0.0935. The number of nitrogens with zero attached hydrogens (tertiary/aromatic N) is 2. The first-order chi connectivity index (χ1) is 11.8. The minimum Gasteiger partial charge on any atom is -0.497 e. The molecule has 1 heterocycles. The van der Waals surface area contributed by atoms with E-state index in [-0.39, 0.29) is 6.61 Å². The van der Waals surface area contributed by atoms with Crippen LogP contribution in [0.15, 0.2) is 53.7 Å². The predicted octanol–water partition coefficient (Wildman–Crippen LogP) is 3.21. The van der Waals surface area contributed by atoms with Crippen molar-refractivity contribution in [2.75, 3.05) is 26.1 Å². The summed E-state index contributed by atoms with van der Waals surface area (Å²) in [5, 5.41) is 10.2. The van der Waals surface area contributed by atoms with Crippen LogP contribution in [0.3, 0.4) is 0 Å². The van der Waals surface area contributed by atoms with Gasteiger partial charge in [0.1, 0.15) is 11.5 Å². The van der Waals surface area contributed by atoms with Crippen molar-refractivity contribution in [3.8, 4) is 11.5 Å². The van der Waals surface area contributed by atoms with Crippen molar-refractivity contribution in [3.05, 3.63) is 48.5 Å². The Balaban J connectivity index is 1.59. The molecule has 3 rings (SSSR count). The van der Waals surface area contributed by atoms with Crippen molar-refractivity contribution in [2.45, 2.75) is 11.7 Å². The molecule has 2 aromatic carbocycles. The van der Waals surface area contributed by atoms with Gasteiger partial charge in [0.2, 0.25) is 0 Å². The van der Waals surface area contributed by atoms with Gasteiger partial charge in [0.15, 0.2) is 5.16 Å². The summed E-state index contributed by atoms with van der Waals surface area (Å²) < 4.78 is 12.9. The number of ether oxygens (including phenoxy) is 2. The monoisotopic (exact) mass is 344 g/mol. The third-order valence-corrected chi connectivity index (χ3v) is 4.53. The van der Waals surface area contributed by atoms with Crippen LogP contribution in [0.25, 0.3) is 11.0 Å². The predicted molar refractivity (Wildman–Crippen MR) is 96.0 cm³/mol. The molecule has 0 unspecified atom stereocenters. The zero-order valence-electron chi connectivity index (χ0n) is 13.5. The molecule has 3 aromatic rings. The van der Waals surface area contributed by atoms with Gasteiger partial charge >= 0.3 is 0 Å². The number of fused-ring (bicyclic) bond motifs is 1. The Morgan fingerprint density at radius 2 is 1.83 bits per heavy atom. The first kappa shape index (κ1) is 16.7. The van der Waals surface area contributed by atoms with Crippen molar-refractivity contribution < 1.29 is 14.6 Å². The molecule has 1 aromatic heterocycles. The molecule has 0 aliphatic heterocycles. The van der Waals surface area contributed by atoms with E-state index in [2.05, 4.69) is 4.98 Å². The van der Waals surface area contributed by atoms with Crippen LogP contribution < -0.4 is 9.47 Å². The summed E-state index contributed by atoms with van der Waals surface area (Å²) in [5.74, 6) is 2.41. The fourth-order valence-electron chi connectivity index (χ4n) is 2.44. The van der Waals surface area contributed by atoms with Gasteiger partial charge in [-0.25, -0.2) is 4.98 Å². The fraction of sp³-hybridized carbons (Fsp3) is 0.278. The van der Waals surface area contributed by atoms with Gasteiger partial charge in [0, 0.05) is 12.3 Å². The molecule has 6 heteroatoms. The van der Waals surface area contributed by atoms with Crippen LogP contribution in [0.5, 0.6) is 11.5 Å². The van der Waals surface area contributed by atoms with Gasteiger partial charge < -0.3 is 19.1 Å². The lowest BCUT2D eigenvalue weighted by Gasteiger charge is -2.08. The number of aromatic nitrogens is 2. The van der Waals surface area contributed by atoms with E-state index in [0.29, 0.717) is 13.2 Å². The Kier molecular flexibility index (Phi) is 5.61. The van der Waals surface area contributed by atoms with E-state index >= 15 is 0 Å². The molecular formula is C18H20N2O3S. The topological polar surface area (TPSA) is 56.5 Å². The van der Waals surface area contributed by atoms with Gasteiger partial charge in [-0.05, 0) is 36.4 Å². The first-order valence-electron chi connectivity index (χ1n) is 7.77. The average Bonchev–Trinajstić information content (AvgIpc) is 2.97. The largest absolute Gasteiger partial charge is 0.497 e. The molecule has 5 nitrogen and oxygen atoms in total. The van der Waals surface area contributed by atoms with Crippen LogP contribution in [0.2, 0.25) is 0 Å². The lowest BCUT2D eigenvalue weighted by atomic mass is 10.3. The number of hydrogen-bond acceptors (Lipinski definition) is 5. The molecule has 0 saturated heterocycles. The third-order valence-electron chi connectivity index (χ3n) is 3.59. The molecule has 0 aliphatic carbocycles. The van der Waals surface area contributed by atoms with Crippen LogP contribution in [-0.4, -0.2) is 40.7 Å². The SMILES string of the molecule is COc1ccc(OCCSc2nc3ccccc3n2CCO)cc1. The number of aliphatic hydroxyl groups excluding tert-OH is 1. The number of rotatable bonds is 8. The second-order valence-corrected chi connectivity index (χ2v) is 6.19. The highest BCUT2D eigenvalue weighted by atomic mass is 32.2. The zero-order chi connectivity index (χ0) is 16.8. The quantitative estimate of drug-likeness (QED) is 0.502. The van der Waals surface area contributed by atoms with Gasteiger partial charge in [0.05, 0.1) is 31.4 Å². The van der Waals surface area contributed by atoms with Crippen molar-refractivity contribution in [3.63, 3.8) is 0 Å². The molecule has 126 valence electrons. The molecule has 0 fully saturated rings. The van der Waals surface area contributed by atoms with Crippen LogP contribution in [0.1, 0.15) is 0 Å². The number of hydrogen-bond donors (Lipinski definition) is 1. The molecule has 0 spiro atoms. The smallest absolute Gasteiger partial charge is 0.169 e. The molecule has 1 N–H and O–H groups in total. The van der Waals surface area contributed by atoms with Crippen LogP contribution in [0, 0.1) is 0 Å². The second-order valence-electron chi connectivity index (χ2n) is 5.13. The maximum Gasteiger partial charge on any atom is 0.169 e. The average molecular weight is 344 g/mol. The summed E-state index contributed by atoms with van der Waals surface area (Å²) in [7, 11) is 1.64. The number of methoxy groups -OCH3 is 1. The molecule has 0 bridgehead atoms. The summed E-state index contributed by atoms with van der Waals surface area (Å²) in [6.45, 7) is 1.22. The highest BCUT2D eigenvalue weighted by Crippen LogP contribution is 2.24. The first-order valence-corrected chi connectivity index (χ1v) is 8.76. The standard InChI is InChI=1S/C18H20N2O3S/c1-22-14-6-8-15(9-7-14)23-12-13-24-18-19-16-4-2-3-5-17(16)20(18)10-11-21/h2-9,21H,10-13H2,1H3. The molecule has 0 amide bonds. The number of imidazole rings is 1. The van der Waals surface area contributed by atoms with Gasteiger partial charge in [-0.15, -0.1) is 0 Å². The molecule has 24 heavy (non-hydrogen) atoms. The number of para-hydroxylation sites is 2. The summed E-state index contributed by atoms with van der Waals surface area (Å²) in [4.78, 5) is 4.64. The number of aliphatic hydroxyl groups is 1. The van der Waals surface area contributed by atoms with Crippen LogP contribution in [0.4, 0.5) is 0 Å². The lowest BCUT2D eigenvalue weighted by Crippen LogP contribution is -2.05. The van der Waals surface area contributed by atoms with Crippen molar-refractivity contribution in [1.29, 1.82) is 0 Å². The number of benzene rings is 2. The van der Waals surface area contributed by atoms with E-state index in [1.54, 1.807) is 18.9 Å². The zero-order valence-corrected chi connectivity index (χ0v) is 14.3. The van der Waals surface area contributed by atoms with Crippen molar-refractivity contribution in [2.24, 2.45) is 0 Å². The summed E-state index contributed by atoms with van der Waals surface area (Å²) >= 11 is 1.63. The minimum absolute atomic E-state index is 0.0935. The summed E-state index contributed by atoms with van der Waals surface area (Å²) in [6.07, 6.45) is 0. The number of thioether (sulfide) groups is 1. The Labute approximate surface area is 145 Å². The van der Waals surface area contributed by atoms with E-state index in [9.17, 15) is 5.11 Å². The fourth-order valence-corrected chi connectivity index (χ4v) is 3.30. The van der Waals surface area contributed by atoms with E-state index < -0.39 is 0 Å². The highest BCUT2D eigenvalue weighted by molar-refractivity contribution is 7.99.